The number of carbonyl (C=O) groups is 2. The van der Waals surface area contributed by atoms with Gasteiger partial charge in [-0.15, -0.1) is 0 Å². The van der Waals surface area contributed by atoms with E-state index in [0.29, 0.717) is 11.1 Å². The molecule has 26 heavy (non-hydrogen) atoms. The highest BCUT2D eigenvalue weighted by Gasteiger charge is 2.20. The number of carbonyl (C=O) groups excluding carboxylic acids is 2. The molecule has 2 aromatic rings. The van der Waals surface area contributed by atoms with E-state index >= 15 is 0 Å². The second-order valence-electron chi connectivity index (χ2n) is 5.61. The van der Waals surface area contributed by atoms with Crippen LogP contribution < -0.4 is 10.0 Å². The van der Waals surface area contributed by atoms with Crippen molar-refractivity contribution in [1.82, 2.24) is 10.0 Å². The summed E-state index contributed by atoms with van der Waals surface area (Å²) in [4.78, 5) is 23.9. The summed E-state index contributed by atoms with van der Waals surface area (Å²) in [5, 5.41) is 11.4. The van der Waals surface area contributed by atoms with Crippen LogP contribution >= 0.6 is 0 Å². The largest absolute Gasteiger partial charge is 0.349 e. The van der Waals surface area contributed by atoms with E-state index in [1.807, 2.05) is 10.8 Å². The van der Waals surface area contributed by atoms with Crippen LogP contribution in [0.3, 0.4) is 0 Å². The molecule has 2 rings (SSSR count). The van der Waals surface area contributed by atoms with Crippen LogP contribution in [0.25, 0.3) is 0 Å². The molecule has 1 atom stereocenters. The fourth-order valence-electron chi connectivity index (χ4n) is 2.18. The van der Waals surface area contributed by atoms with Crippen molar-refractivity contribution in [1.29, 1.82) is 5.26 Å². The summed E-state index contributed by atoms with van der Waals surface area (Å²) in [5.74, 6) is -1.09. The van der Waals surface area contributed by atoms with Gasteiger partial charge >= 0.3 is 0 Å². The van der Waals surface area contributed by atoms with Gasteiger partial charge in [0.05, 0.1) is 16.5 Å². The lowest BCUT2D eigenvalue weighted by atomic mass is 10.2. The summed E-state index contributed by atoms with van der Waals surface area (Å²) in [6.07, 6.45) is -0.200. The van der Waals surface area contributed by atoms with Crippen LogP contribution in [0.4, 0.5) is 0 Å². The number of rotatable bonds is 6. The highest BCUT2D eigenvalue weighted by Crippen LogP contribution is 2.10. The minimum atomic E-state index is -4.03. The number of sulfonamides is 1. The van der Waals surface area contributed by atoms with Crippen molar-refractivity contribution in [3.63, 3.8) is 0 Å². The van der Waals surface area contributed by atoms with Crippen LogP contribution in [0.2, 0.25) is 0 Å². The van der Waals surface area contributed by atoms with Gasteiger partial charge in [-0.3, -0.25) is 9.59 Å². The van der Waals surface area contributed by atoms with E-state index in [0.717, 1.165) is 0 Å². The van der Waals surface area contributed by atoms with Crippen LogP contribution in [0, 0.1) is 11.3 Å². The van der Waals surface area contributed by atoms with Gasteiger partial charge in [0.15, 0.2) is 0 Å². The van der Waals surface area contributed by atoms with E-state index in [-0.39, 0.29) is 17.2 Å². The maximum absolute atomic E-state index is 12.2. The third-order valence-electron chi connectivity index (χ3n) is 3.45. The average molecular weight is 371 g/mol. The molecule has 0 fully saturated rings. The highest BCUT2D eigenvalue weighted by atomic mass is 32.2. The lowest BCUT2D eigenvalue weighted by Crippen LogP contribution is -2.39. The molecule has 0 heterocycles. The summed E-state index contributed by atoms with van der Waals surface area (Å²) in [5.41, 5.74) is 0.762. The molecule has 0 aliphatic rings. The summed E-state index contributed by atoms with van der Waals surface area (Å²) >= 11 is 0. The van der Waals surface area contributed by atoms with Gasteiger partial charge < -0.3 is 5.32 Å². The zero-order chi connectivity index (χ0) is 19.2. The molecule has 0 aliphatic heterocycles. The molecule has 2 aromatic carbocycles. The molecule has 2 amide bonds. The molecule has 134 valence electrons. The zero-order valence-corrected chi connectivity index (χ0v) is 14.8. The second-order valence-corrected chi connectivity index (χ2v) is 7.29. The van der Waals surface area contributed by atoms with Crippen LogP contribution in [0.1, 0.15) is 29.3 Å². The predicted octanol–water partition coefficient (Wildman–Crippen LogP) is 1.57. The first-order valence-electron chi connectivity index (χ1n) is 7.73. The fraction of sp³-hybridized carbons (Fsp3) is 0.167. The molecule has 0 radical (unpaired) electrons. The average Bonchev–Trinajstić information content (AvgIpc) is 2.61. The van der Waals surface area contributed by atoms with Crippen molar-refractivity contribution in [2.75, 3.05) is 0 Å². The first-order valence-corrected chi connectivity index (χ1v) is 9.22. The van der Waals surface area contributed by atoms with E-state index in [1.165, 1.54) is 24.3 Å². The highest BCUT2D eigenvalue weighted by molar-refractivity contribution is 7.90. The van der Waals surface area contributed by atoms with E-state index in [2.05, 4.69) is 5.32 Å². The minimum absolute atomic E-state index is 0.120. The summed E-state index contributed by atoms with van der Waals surface area (Å²) in [6.45, 7) is 1.61. The molecule has 0 aromatic heterocycles. The van der Waals surface area contributed by atoms with Crippen molar-refractivity contribution < 1.29 is 18.0 Å². The first-order chi connectivity index (χ1) is 12.3. The van der Waals surface area contributed by atoms with Crippen LogP contribution in [-0.2, 0) is 14.8 Å². The summed E-state index contributed by atoms with van der Waals surface area (Å²) in [6, 6.07) is 15.0. The molecule has 0 bridgehead atoms. The second kappa shape index (κ2) is 8.27. The maximum atomic E-state index is 12.2. The molecule has 2 N–H and O–H groups in total. The van der Waals surface area contributed by atoms with Gasteiger partial charge in [-0.2, -0.15) is 5.26 Å². The normalized spacial score (nSPS) is 11.8. The van der Waals surface area contributed by atoms with Gasteiger partial charge in [0.2, 0.25) is 5.91 Å². The van der Waals surface area contributed by atoms with Gasteiger partial charge in [0.25, 0.3) is 15.9 Å². The quantitative estimate of drug-likeness (QED) is 0.799. The number of benzene rings is 2. The van der Waals surface area contributed by atoms with Gasteiger partial charge in [-0.25, -0.2) is 13.1 Å². The third kappa shape index (κ3) is 5.16. The van der Waals surface area contributed by atoms with Gasteiger partial charge in [-0.05, 0) is 43.3 Å². The first kappa shape index (κ1) is 19.1. The number of hydrogen-bond acceptors (Lipinski definition) is 5. The Kier molecular flexibility index (Phi) is 6.09. The molecule has 0 saturated heterocycles. The summed E-state index contributed by atoms with van der Waals surface area (Å²) < 4.78 is 26.3. The number of nitriles is 1. The monoisotopic (exact) mass is 371 g/mol. The Balaban J connectivity index is 1.94. The molecule has 0 spiro atoms. The zero-order valence-electron chi connectivity index (χ0n) is 14.0. The Morgan fingerprint density at radius 2 is 1.69 bits per heavy atom. The Bertz CT molecular complexity index is 933. The van der Waals surface area contributed by atoms with E-state index < -0.39 is 22.0 Å². The molecule has 0 aliphatic carbocycles. The smallest absolute Gasteiger partial charge is 0.264 e. The van der Waals surface area contributed by atoms with Crippen LogP contribution in [0.5, 0.6) is 0 Å². The van der Waals surface area contributed by atoms with E-state index in [4.69, 9.17) is 5.26 Å². The van der Waals surface area contributed by atoms with E-state index in [9.17, 15) is 18.0 Å². The molecule has 7 nitrogen and oxygen atoms in total. The fourth-order valence-corrected chi connectivity index (χ4v) is 3.18. The van der Waals surface area contributed by atoms with Crippen molar-refractivity contribution in [3.8, 4) is 6.07 Å². The van der Waals surface area contributed by atoms with Crippen LogP contribution in [0.15, 0.2) is 59.5 Å². The van der Waals surface area contributed by atoms with Gasteiger partial charge in [-0.1, -0.05) is 18.2 Å². The molecular weight excluding hydrogens is 354 g/mol. The SMILES string of the molecule is CC(CC(=O)NS(=O)(=O)c1ccc(C#N)cc1)NC(=O)c1ccccc1. The predicted molar refractivity (Wildman–Crippen MR) is 94.5 cm³/mol. The third-order valence-corrected chi connectivity index (χ3v) is 4.84. The summed E-state index contributed by atoms with van der Waals surface area (Å²) in [7, 11) is -4.03. The molecule has 8 heteroatoms. The Morgan fingerprint density at radius 3 is 2.27 bits per heavy atom. The molecule has 1 unspecified atom stereocenters. The number of hydrogen-bond donors (Lipinski definition) is 2. The molecule has 0 saturated carbocycles. The Morgan fingerprint density at radius 1 is 1.08 bits per heavy atom. The number of nitrogens with one attached hydrogen (secondary N) is 2. The van der Waals surface area contributed by atoms with Crippen molar-refractivity contribution in [2.45, 2.75) is 24.3 Å². The number of amides is 2. The molecular formula is C18H17N3O4S. The topological polar surface area (TPSA) is 116 Å². The van der Waals surface area contributed by atoms with Gasteiger partial charge in [0.1, 0.15) is 0 Å². The Hall–Kier alpha value is -3.18. The van der Waals surface area contributed by atoms with Crippen molar-refractivity contribution >= 4 is 21.8 Å². The minimum Gasteiger partial charge on any atom is -0.349 e. The maximum Gasteiger partial charge on any atom is 0.264 e. The van der Waals surface area contributed by atoms with Crippen LogP contribution in [-0.4, -0.2) is 26.3 Å². The lowest BCUT2D eigenvalue weighted by Gasteiger charge is -2.14. The van der Waals surface area contributed by atoms with E-state index in [1.54, 1.807) is 37.3 Å². The standard InChI is InChI=1S/C18H17N3O4S/c1-13(20-18(23)15-5-3-2-4-6-15)11-17(22)21-26(24,25)16-9-7-14(12-19)8-10-16/h2-10,13H,11H2,1H3,(H,20,23)(H,21,22). The number of nitrogens with zero attached hydrogens (tertiary/aromatic N) is 1. The lowest BCUT2D eigenvalue weighted by molar-refractivity contribution is -0.119. The Labute approximate surface area is 151 Å². The van der Waals surface area contributed by atoms with Gasteiger partial charge in [0, 0.05) is 18.0 Å². The van der Waals surface area contributed by atoms with Crippen molar-refractivity contribution in [2.24, 2.45) is 0 Å². The van der Waals surface area contributed by atoms with Crippen molar-refractivity contribution in [3.05, 3.63) is 65.7 Å².